The first kappa shape index (κ1) is 13.4. The van der Waals surface area contributed by atoms with Crippen molar-refractivity contribution < 1.29 is 13.2 Å². The number of sulfone groups is 1. The molecule has 1 atom stereocenters. The standard InChI is InChI=1S/C10H20N2O3S/c1-2-16(14,15)7-6-12-10(13)9-4-3-5-11-8-9/h9,11H,2-8H2,1H3,(H,12,13)/t9-/m1/s1. The average Bonchev–Trinajstić information content (AvgIpc) is 2.30. The first-order valence-electron chi connectivity index (χ1n) is 5.74. The molecule has 1 aliphatic rings. The summed E-state index contributed by atoms with van der Waals surface area (Å²) in [7, 11) is -2.98. The van der Waals surface area contributed by atoms with Crippen molar-refractivity contribution in [2.24, 2.45) is 5.92 Å². The number of nitrogens with one attached hydrogen (secondary N) is 2. The van der Waals surface area contributed by atoms with Crippen LogP contribution < -0.4 is 10.6 Å². The molecule has 6 heteroatoms. The van der Waals surface area contributed by atoms with Gasteiger partial charge in [0.1, 0.15) is 0 Å². The number of carbonyl (C=O) groups is 1. The van der Waals surface area contributed by atoms with Gasteiger partial charge in [0.2, 0.25) is 5.91 Å². The van der Waals surface area contributed by atoms with Gasteiger partial charge in [-0.1, -0.05) is 6.92 Å². The van der Waals surface area contributed by atoms with Crippen LogP contribution in [0.4, 0.5) is 0 Å². The van der Waals surface area contributed by atoms with Crippen molar-refractivity contribution in [2.45, 2.75) is 19.8 Å². The molecule has 1 amide bonds. The molecule has 0 radical (unpaired) electrons. The van der Waals surface area contributed by atoms with Gasteiger partial charge in [0.05, 0.1) is 11.7 Å². The summed E-state index contributed by atoms with van der Waals surface area (Å²) < 4.78 is 22.4. The Balaban J connectivity index is 2.24. The largest absolute Gasteiger partial charge is 0.355 e. The Morgan fingerprint density at radius 3 is 2.81 bits per heavy atom. The molecule has 0 aliphatic carbocycles. The molecule has 2 N–H and O–H groups in total. The van der Waals surface area contributed by atoms with Gasteiger partial charge in [-0.3, -0.25) is 4.79 Å². The Bertz CT molecular complexity index is 321. The van der Waals surface area contributed by atoms with E-state index >= 15 is 0 Å². The van der Waals surface area contributed by atoms with Crippen molar-refractivity contribution >= 4 is 15.7 Å². The van der Waals surface area contributed by atoms with Crippen LogP contribution in [0.3, 0.4) is 0 Å². The first-order chi connectivity index (χ1) is 7.55. The van der Waals surface area contributed by atoms with E-state index in [0.717, 1.165) is 19.4 Å². The minimum Gasteiger partial charge on any atom is -0.355 e. The van der Waals surface area contributed by atoms with Crippen LogP contribution in [-0.2, 0) is 14.6 Å². The second-order valence-corrected chi connectivity index (χ2v) is 6.54. The summed E-state index contributed by atoms with van der Waals surface area (Å²) in [4.78, 5) is 11.6. The van der Waals surface area contributed by atoms with Crippen LogP contribution in [-0.4, -0.2) is 45.5 Å². The highest BCUT2D eigenvalue weighted by Crippen LogP contribution is 2.09. The van der Waals surface area contributed by atoms with Crippen molar-refractivity contribution in [1.29, 1.82) is 0 Å². The Hall–Kier alpha value is -0.620. The van der Waals surface area contributed by atoms with E-state index in [-0.39, 0.29) is 29.9 Å². The summed E-state index contributed by atoms with van der Waals surface area (Å²) in [6, 6.07) is 0. The minimum atomic E-state index is -2.98. The highest BCUT2D eigenvalue weighted by molar-refractivity contribution is 7.91. The molecule has 0 saturated carbocycles. The third-order valence-corrected chi connectivity index (χ3v) is 4.53. The Labute approximate surface area is 96.9 Å². The molecule has 94 valence electrons. The topological polar surface area (TPSA) is 75.3 Å². The molecule has 0 bridgehead atoms. The van der Waals surface area contributed by atoms with Gasteiger partial charge in [-0.05, 0) is 19.4 Å². The zero-order valence-electron chi connectivity index (χ0n) is 9.66. The number of carbonyl (C=O) groups excluding carboxylic acids is 1. The van der Waals surface area contributed by atoms with Gasteiger partial charge in [-0.25, -0.2) is 8.42 Å². The third-order valence-electron chi connectivity index (χ3n) is 2.82. The molecule has 5 nitrogen and oxygen atoms in total. The number of rotatable bonds is 5. The number of piperidine rings is 1. The molecule has 0 aromatic carbocycles. The maximum atomic E-state index is 11.6. The molecule has 0 aromatic heterocycles. The number of amides is 1. The monoisotopic (exact) mass is 248 g/mol. The lowest BCUT2D eigenvalue weighted by Crippen LogP contribution is -2.41. The SMILES string of the molecule is CCS(=O)(=O)CCNC(=O)[C@@H]1CCCNC1. The van der Waals surface area contributed by atoms with Gasteiger partial charge in [0, 0.05) is 18.8 Å². The second-order valence-electron chi connectivity index (χ2n) is 4.07. The predicted octanol–water partition coefficient (Wildman–Crippen LogP) is -0.463. The molecule has 1 rings (SSSR count). The lowest BCUT2D eigenvalue weighted by Gasteiger charge is -2.21. The summed E-state index contributed by atoms with van der Waals surface area (Å²) in [5.74, 6) is 0.139. The van der Waals surface area contributed by atoms with Crippen LogP contribution in [0.25, 0.3) is 0 Å². The molecular weight excluding hydrogens is 228 g/mol. The van der Waals surface area contributed by atoms with Crippen LogP contribution >= 0.6 is 0 Å². The quantitative estimate of drug-likeness (QED) is 0.690. The van der Waals surface area contributed by atoms with E-state index in [9.17, 15) is 13.2 Å². The summed E-state index contributed by atoms with van der Waals surface area (Å²) in [6.45, 7) is 3.51. The van der Waals surface area contributed by atoms with E-state index < -0.39 is 9.84 Å². The van der Waals surface area contributed by atoms with Gasteiger partial charge >= 0.3 is 0 Å². The first-order valence-corrected chi connectivity index (χ1v) is 7.56. The minimum absolute atomic E-state index is 0.00178. The van der Waals surface area contributed by atoms with Gasteiger partial charge in [0.15, 0.2) is 9.84 Å². The second kappa shape index (κ2) is 6.20. The fourth-order valence-corrected chi connectivity index (χ4v) is 2.40. The lowest BCUT2D eigenvalue weighted by molar-refractivity contribution is -0.125. The average molecular weight is 248 g/mol. The number of hydrogen-bond donors (Lipinski definition) is 2. The smallest absolute Gasteiger partial charge is 0.224 e. The normalized spacial score (nSPS) is 21.7. The van der Waals surface area contributed by atoms with E-state index in [4.69, 9.17) is 0 Å². The van der Waals surface area contributed by atoms with Crippen LogP contribution in [0, 0.1) is 5.92 Å². The van der Waals surface area contributed by atoms with Crippen molar-refractivity contribution in [3.05, 3.63) is 0 Å². The Kier molecular flexibility index (Phi) is 5.21. The molecule has 16 heavy (non-hydrogen) atoms. The molecule has 0 unspecified atom stereocenters. The number of hydrogen-bond acceptors (Lipinski definition) is 4. The molecule has 1 aliphatic heterocycles. The van der Waals surface area contributed by atoms with Crippen molar-refractivity contribution in [3.8, 4) is 0 Å². The predicted molar refractivity (Wildman–Crippen MR) is 62.9 cm³/mol. The highest BCUT2D eigenvalue weighted by atomic mass is 32.2. The molecule has 1 fully saturated rings. The molecule has 0 spiro atoms. The summed E-state index contributed by atoms with van der Waals surface area (Å²) >= 11 is 0. The van der Waals surface area contributed by atoms with E-state index in [1.807, 2.05) is 0 Å². The zero-order chi connectivity index (χ0) is 12.0. The summed E-state index contributed by atoms with van der Waals surface area (Å²) in [5.41, 5.74) is 0. The Morgan fingerprint density at radius 2 is 2.25 bits per heavy atom. The molecule has 1 heterocycles. The molecule has 1 saturated heterocycles. The maximum absolute atomic E-state index is 11.6. The van der Waals surface area contributed by atoms with Crippen molar-refractivity contribution in [2.75, 3.05) is 31.1 Å². The van der Waals surface area contributed by atoms with Crippen LogP contribution in [0.1, 0.15) is 19.8 Å². The Morgan fingerprint density at radius 1 is 1.50 bits per heavy atom. The highest BCUT2D eigenvalue weighted by Gasteiger charge is 2.20. The van der Waals surface area contributed by atoms with Crippen molar-refractivity contribution in [1.82, 2.24) is 10.6 Å². The van der Waals surface area contributed by atoms with Crippen molar-refractivity contribution in [3.63, 3.8) is 0 Å². The fraction of sp³-hybridized carbons (Fsp3) is 0.900. The van der Waals surface area contributed by atoms with E-state index in [2.05, 4.69) is 10.6 Å². The van der Waals surface area contributed by atoms with Crippen LogP contribution in [0.15, 0.2) is 0 Å². The van der Waals surface area contributed by atoms with Gasteiger partial charge < -0.3 is 10.6 Å². The van der Waals surface area contributed by atoms with Crippen LogP contribution in [0.5, 0.6) is 0 Å². The summed E-state index contributed by atoms with van der Waals surface area (Å²) in [6.07, 6.45) is 1.89. The van der Waals surface area contributed by atoms with E-state index in [1.54, 1.807) is 6.92 Å². The maximum Gasteiger partial charge on any atom is 0.224 e. The van der Waals surface area contributed by atoms with E-state index in [1.165, 1.54) is 0 Å². The molecular formula is C10H20N2O3S. The van der Waals surface area contributed by atoms with Gasteiger partial charge in [0.25, 0.3) is 0 Å². The van der Waals surface area contributed by atoms with E-state index in [0.29, 0.717) is 6.54 Å². The third kappa shape index (κ3) is 4.49. The molecule has 0 aromatic rings. The van der Waals surface area contributed by atoms with Gasteiger partial charge in [-0.2, -0.15) is 0 Å². The zero-order valence-corrected chi connectivity index (χ0v) is 10.5. The van der Waals surface area contributed by atoms with Crippen LogP contribution in [0.2, 0.25) is 0 Å². The fourth-order valence-electron chi connectivity index (χ4n) is 1.69. The summed E-state index contributed by atoms with van der Waals surface area (Å²) in [5, 5.41) is 5.84. The lowest BCUT2D eigenvalue weighted by atomic mass is 9.99. The van der Waals surface area contributed by atoms with Gasteiger partial charge in [-0.15, -0.1) is 0 Å².